The van der Waals surface area contributed by atoms with Gasteiger partial charge in [0.05, 0.1) is 5.92 Å². The van der Waals surface area contributed by atoms with Gasteiger partial charge in [0.15, 0.2) is 0 Å². The van der Waals surface area contributed by atoms with Crippen LogP contribution in [0.15, 0.2) is 0 Å². The number of nitrogens with zero attached hydrogens (tertiary/aromatic N) is 2. The summed E-state index contributed by atoms with van der Waals surface area (Å²) in [6.45, 7) is 1.97. The van der Waals surface area contributed by atoms with Crippen molar-refractivity contribution in [3.8, 4) is 0 Å². The van der Waals surface area contributed by atoms with Gasteiger partial charge in [-0.3, -0.25) is 4.79 Å². The molecule has 2 unspecified atom stereocenters. The summed E-state index contributed by atoms with van der Waals surface area (Å²) < 4.78 is 0. The first-order valence-corrected chi connectivity index (χ1v) is 7.95. The third-order valence-electron chi connectivity index (χ3n) is 5.30. The first-order valence-electron chi connectivity index (χ1n) is 7.95. The van der Waals surface area contributed by atoms with E-state index in [1.165, 1.54) is 19.3 Å². The van der Waals surface area contributed by atoms with Crippen LogP contribution in [0.4, 0.5) is 4.79 Å². The Morgan fingerprint density at radius 3 is 2.55 bits per heavy atom. The standard InChI is InChI=1S/C15H24N2O3/c18-14(19)12-5-3-8-16(10-12)15(20)17-9-7-11-4-1-2-6-13(11)17/h11-13H,1-10H2,(H,18,19)/t11?,12-,13?/m0/s1. The van der Waals surface area contributed by atoms with Crippen LogP contribution in [0.2, 0.25) is 0 Å². The Hall–Kier alpha value is -1.26. The lowest BCUT2D eigenvalue weighted by molar-refractivity contribution is -0.143. The van der Waals surface area contributed by atoms with Crippen LogP contribution in [0.5, 0.6) is 0 Å². The molecule has 0 aromatic carbocycles. The molecule has 112 valence electrons. The second-order valence-corrected chi connectivity index (χ2v) is 6.50. The summed E-state index contributed by atoms with van der Waals surface area (Å²) in [4.78, 5) is 27.6. The van der Waals surface area contributed by atoms with Crippen LogP contribution in [0.3, 0.4) is 0 Å². The molecule has 2 amide bonds. The topological polar surface area (TPSA) is 60.9 Å². The van der Waals surface area contributed by atoms with E-state index in [4.69, 9.17) is 5.11 Å². The summed E-state index contributed by atoms with van der Waals surface area (Å²) in [5.74, 6) is -0.454. The quantitative estimate of drug-likeness (QED) is 0.800. The summed E-state index contributed by atoms with van der Waals surface area (Å²) in [7, 11) is 0. The SMILES string of the molecule is O=C(O)[C@H]1CCCN(C(=O)N2CCC3CCCCC32)C1. The van der Waals surface area contributed by atoms with Crippen molar-refractivity contribution >= 4 is 12.0 Å². The molecule has 0 radical (unpaired) electrons. The maximum absolute atomic E-state index is 12.7. The van der Waals surface area contributed by atoms with Gasteiger partial charge in [-0.2, -0.15) is 0 Å². The Morgan fingerprint density at radius 2 is 1.75 bits per heavy atom. The fourth-order valence-corrected chi connectivity index (χ4v) is 4.18. The number of hydrogen-bond acceptors (Lipinski definition) is 2. The lowest BCUT2D eigenvalue weighted by Gasteiger charge is -2.38. The highest BCUT2D eigenvalue weighted by atomic mass is 16.4. The number of likely N-dealkylation sites (tertiary alicyclic amines) is 2. The number of carboxylic acids is 1. The number of hydrogen-bond donors (Lipinski definition) is 1. The Bertz CT molecular complexity index is 399. The molecule has 3 fully saturated rings. The highest BCUT2D eigenvalue weighted by molar-refractivity contribution is 5.77. The van der Waals surface area contributed by atoms with E-state index in [1.807, 2.05) is 4.90 Å². The van der Waals surface area contributed by atoms with Gasteiger partial charge in [0.1, 0.15) is 0 Å². The van der Waals surface area contributed by atoms with Gasteiger partial charge in [0.25, 0.3) is 0 Å². The van der Waals surface area contributed by atoms with Crippen LogP contribution in [0.25, 0.3) is 0 Å². The highest BCUT2D eigenvalue weighted by Gasteiger charge is 2.40. The maximum atomic E-state index is 12.7. The van der Waals surface area contributed by atoms with E-state index in [9.17, 15) is 9.59 Å². The van der Waals surface area contributed by atoms with E-state index < -0.39 is 5.97 Å². The normalized spacial score (nSPS) is 33.9. The van der Waals surface area contributed by atoms with Gasteiger partial charge < -0.3 is 14.9 Å². The lowest BCUT2D eigenvalue weighted by atomic mass is 9.85. The predicted molar refractivity (Wildman–Crippen MR) is 74.4 cm³/mol. The summed E-state index contributed by atoms with van der Waals surface area (Å²) >= 11 is 0. The molecule has 3 aliphatic rings. The molecular weight excluding hydrogens is 256 g/mol. The zero-order valence-electron chi connectivity index (χ0n) is 12.0. The van der Waals surface area contributed by atoms with E-state index in [0.29, 0.717) is 24.9 Å². The third kappa shape index (κ3) is 2.50. The molecule has 5 heteroatoms. The molecule has 20 heavy (non-hydrogen) atoms. The van der Waals surface area contributed by atoms with E-state index in [0.717, 1.165) is 32.4 Å². The van der Waals surface area contributed by atoms with Crippen molar-refractivity contribution < 1.29 is 14.7 Å². The first-order chi connectivity index (χ1) is 9.66. The number of carbonyl (C=O) groups excluding carboxylic acids is 1. The molecule has 2 saturated heterocycles. The van der Waals surface area contributed by atoms with E-state index in [2.05, 4.69) is 0 Å². The van der Waals surface area contributed by atoms with E-state index in [-0.39, 0.29) is 11.9 Å². The van der Waals surface area contributed by atoms with Crippen molar-refractivity contribution in [2.45, 2.75) is 51.0 Å². The number of carbonyl (C=O) groups is 2. The van der Waals surface area contributed by atoms with Crippen molar-refractivity contribution in [2.75, 3.05) is 19.6 Å². The second kappa shape index (κ2) is 5.62. The van der Waals surface area contributed by atoms with Crippen LogP contribution in [0.1, 0.15) is 44.9 Å². The van der Waals surface area contributed by atoms with Crippen molar-refractivity contribution in [3.05, 3.63) is 0 Å². The zero-order chi connectivity index (χ0) is 14.1. The van der Waals surface area contributed by atoms with Gasteiger partial charge in [0.2, 0.25) is 0 Å². The third-order valence-corrected chi connectivity index (χ3v) is 5.30. The number of aliphatic carboxylic acids is 1. The minimum Gasteiger partial charge on any atom is -0.481 e. The van der Waals surface area contributed by atoms with Crippen molar-refractivity contribution in [1.29, 1.82) is 0 Å². The molecule has 1 aliphatic carbocycles. The number of amides is 2. The van der Waals surface area contributed by atoms with Gasteiger partial charge >= 0.3 is 12.0 Å². The fraction of sp³-hybridized carbons (Fsp3) is 0.867. The van der Waals surface area contributed by atoms with Gasteiger partial charge in [-0.25, -0.2) is 4.79 Å². The van der Waals surface area contributed by atoms with Crippen molar-refractivity contribution in [3.63, 3.8) is 0 Å². The zero-order valence-corrected chi connectivity index (χ0v) is 12.0. The Balaban J connectivity index is 1.64. The molecule has 2 heterocycles. The highest BCUT2D eigenvalue weighted by Crippen LogP contribution is 2.37. The van der Waals surface area contributed by atoms with Gasteiger partial charge in [-0.15, -0.1) is 0 Å². The molecule has 1 saturated carbocycles. The van der Waals surface area contributed by atoms with Crippen LogP contribution < -0.4 is 0 Å². The van der Waals surface area contributed by atoms with Gasteiger partial charge in [0, 0.05) is 25.7 Å². The van der Waals surface area contributed by atoms with E-state index in [1.54, 1.807) is 4.90 Å². The van der Waals surface area contributed by atoms with Gasteiger partial charge in [-0.05, 0) is 38.0 Å². The molecule has 0 spiro atoms. The summed E-state index contributed by atoms with van der Waals surface area (Å²) in [6, 6.07) is 0.506. The molecule has 0 bridgehead atoms. The molecule has 3 atom stereocenters. The van der Waals surface area contributed by atoms with Crippen LogP contribution in [0, 0.1) is 11.8 Å². The molecule has 0 aromatic rings. The fourth-order valence-electron chi connectivity index (χ4n) is 4.18. The maximum Gasteiger partial charge on any atom is 0.320 e. The Kier molecular flexibility index (Phi) is 3.85. The number of fused-ring (bicyclic) bond motifs is 1. The largest absolute Gasteiger partial charge is 0.481 e. The minimum absolute atomic E-state index is 0.0883. The van der Waals surface area contributed by atoms with Crippen LogP contribution >= 0.6 is 0 Å². The van der Waals surface area contributed by atoms with E-state index >= 15 is 0 Å². The smallest absolute Gasteiger partial charge is 0.320 e. The molecule has 2 aliphatic heterocycles. The molecule has 0 aromatic heterocycles. The molecular formula is C15H24N2O3. The first kappa shape index (κ1) is 13.7. The molecule has 1 N–H and O–H groups in total. The summed E-state index contributed by atoms with van der Waals surface area (Å²) in [6.07, 6.45) is 7.55. The second-order valence-electron chi connectivity index (χ2n) is 6.50. The monoisotopic (exact) mass is 280 g/mol. The number of rotatable bonds is 1. The Morgan fingerprint density at radius 1 is 0.950 bits per heavy atom. The van der Waals surface area contributed by atoms with Crippen molar-refractivity contribution in [2.24, 2.45) is 11.8 Å². The van der Waals surface area contributed by atoms with Gasteiger partial charge in [-0.1, -0.05) is 12.8 Å². The average Bonchev–Trinajstić information content (AvgIpc) is 2.90. The Labute approximate surface area is 119 Å². The number of urea groups is 1. The molecule has 5 nitrogen and oxygen atoms in total. The molecule has 3 rings (SSSR count). The van der Waals surface area contributed by atoms with Crippen LogP contribution in [-0.2, 0) is 4.79 Å². The average molecular weight is 280 g/mol. The van der Waals surface area contributed by atoms with Crippen LogP contribution in [-0.4, -0.2) is 52.6 Å². The van der Waals surface area contributed by atoms with Crippen molar-refractivity contribution in [1.82, 2.24) is 9.80 Å². The number of carboxylic acid groups (broad SMARTS) is 1. The summed E-state index contributed by atoms with van der Waals surface area (Å²) in [5, 5.41) is 9.14. The minimum atomic E-state index is -0.764. The predicted octanol–water partition coefficient (Wildman–Crippen LogP) is 2.17. The lowest BCUT2D eigenvalue weighted by Crippen LogP contribution is -2.51. The summed E-state index contributed by atoms with van der Waals surface area (Å²) in [5.41, 5.74) is 0. The number of piperidine rings is 1.